The van der Waals surface area contributed by atoms with Gasteiger partial charge in [-0.05, 0) is 51.5 Å². The summed E-state index contributed by atoms with van der Waals surface area (Å²) in [7, 11) is 0. The van der Waals surface area contributed by atoms with Gasteiger partial charge in [-0.2, -0.15) is 0 Å². The highest BCUT2D eigenvalue weighted by atomic mass is 79.9. The van der Waals surface area contributed by atoms with Crippen molar-refractivity contribution in [2.45, 2.75) is 51.9 Å². The molecule has 1 aliphatic rings. The number of halogens is 1. The fourth-order valence-corrected chi connectivity index (χ4v) is 3.04. The maximum Gasteiger partial charge on any atom is 0.411 e. The molecule has 2 rings (SSSR count). The maximum absolute atomic E-state index is 12.3. The van der Waals surface area contributed by atoms with Crippen LogP contribution < -0.4 is 4.74 Å². The van der Waals surface area contributed by atoms with E-state index in [9.17, 15) is 14.7 Å². The number of carbonyl (C=O) groups excluding carboxylic acids is 1. The van der Waals surface area contributed by atoms with E-state index in [0.717, 1.165) is 10.0 Å². The summed E-state index contributed by atoms with van der Waals surface area (Å²) in [6, 6.07) is 4.66. The molecule has 1 amide bonds. The molecule has 6 nitrogen and oxygen atoms in total. The highest BCUT2D eigenvalue weighted by Gasteiger charge is 2.42. The first kappa shape index (κ1) is 18.6. The SMILES string of the molecule is Cc1cc(Br)ccc1O[C@H]1C[C@@H](C(=O)O)N(C(=O)OC(C)(C)C)C1. The number of rotatable bonds is 3. The van der Waals surface area contributed by atoms with E-state index in [1.54, 1.807) is 20.8 Å². The smallest absolute Gasteiger partial charge is 0.411 e. The van der Waals surface area contributed by atoms with Crippen molar-refractivity contribution in [3.05, 3.63) is 28.2 Å². The lowest BCUT2D eigenvalue weighted by atomic mass is 10.2. The highest BCUT2D eigenvalue weighted by Crippen LogP contribution is 2.28. The van der Waals surface area contributed by atoms with E-state index in [1.807, 2.05) is 25.1 Å². The molecule has 1 aromatic rings. The number of nitrogens with zero attached hydrogens (tertiary/aromatic N) is 1. The molecule has 0 radical (unpaired) electrons. The molecule has 7 heteroatoms. The fraction of sp³-hybridized carbons (Fsp3) is 0.529. The standard InChI is InChI=1S/C17H22BrNO5/c1-10-7-11(18)5-6-14(10)23-12-8-13(15(20)21)19(9-12)16(22)24-17(2,3)4/h5-7,12-13H,8-9H2,1-4H3,(H,20,21)/t12-,13-/m0/s1. The molecule has 132 valence electrons. The predicted octanol–water partition coefficient (Wildman–Crippen LogP) is 3.60. The summed E-state index contributed by atoms with van der Waals surface area (Å²) >= 11 is 3.39. The molecular weight excluding hydrogens is 378 g/mol. The molecule has 0 saturated carbocycles. The molecule has 2 atom stereocenters. The number of amides is 1. The fourth-order valence-electron chi connectivity index (χ4n) is 2.56. The second-order valence-electron chi connectivity index (χ2n) is 6.87. The number of carboxylic acids is 1. The minimum absolute atomic E-state index is 0.182. The zero-order chi connectivity index (χ0) is 18.1. The third-order valence-corrected chi connectivity index (χ3v) is 4.10. The van der Waals surface area contributed by atoms with Gasteiger partial charge in [0.05, 0.1) is 6.54 Å². The number of likely N-dealkylation sites (tertiary alicyclic amines) is 1. The monoisotopic (exact) mass is 399 g/mol. The van der Waals surface area contributed by atoms with E-state index in [2.05, 4.69) is 15.9 Å². The van der Waals surface area contributed by atoms with Gasteiger partial charge in [-0.1, -0.05) is 15.9 Å². The van der Waals surface area contributed by atoms with Crippen LogP contribution in [0.1, 0.15) is 32.8 Å². The molecule has 1 N–H and O–H groups in total. The van der Waals surface area contributed by atoms with Crippen molar-refractivity contribution in [1.29, 1.82) is 0 Å². The van der Waals surface area contributed by atoms with Crippen molar-refractivity contribution in [3.8, 4) is 5.75 Å². The Morgan fingerprint density at radius 1 is 1.33 bits per heavy atom. The molecule has 0 bridgehead atoms. The Hall–Kier alpha value is -1.76. The Morgan fingerprint density at radius 3 is 2.54 bits per heavy atom. The van der Waals surface area contributed by atoms with E-state index in [-0.39, 0.29) is 13.0 Å². The number of aryl methyl sites for hydroxylation is 1. The van der Waals surface area contributed by atoms with Gasteiger partial charge in [0.15, 0.2) is 0 Å². The van der Waals surface area contributed by atoms with Crippen LogP contribution in [0, 0.1) is 6.92 Å². The first-order valence-corrected chi connectivity index (χ1v) is 8.51. The van der Waals surface area contributed by atoms with Crippen LogP contribution in [0.25, 0.3) is 0 Å². The number of carboxylic acid groups (broad SMARTS) is 1. The van der Waals surface area contributed by atoms with E-state index < -0.39 is 29.8 Å². The Morgan fingerprint density at radius 2 is 2.00 bits per heavy atom. The molecule has 0 aliphatic carbocycles. The minimum atomic E-state index is -1.06. The molecule has 1 heterocycles. The van der Waals surface area contributed by atoms with E-state index in [0.29, 0.717) is 5.75 Å². The van der Waals surface area contributed by atoms with Crippen LogP contribution >= 0.6 is 15.9 Å². The number of ether oxygens (including phenoxy) is 2. The largest absolute Gasteiger partial charge is 0.488 e. The summed E-state index contributed by atoms with van der Waals surface area (Å²) in [4.78, 5) is 25.0. The summed E-state index contributed by atoms with van der Waals surface area (Å²) < 4.78 is 12.2. The highest BCUT2D eigenvalue weighted by molar-refractivity contribution is 9.10. The molecular formula is C17H22BrNO5. The normalized spacial score (nSPS) is 20.8. The van der Waals surface area contributed by atoms with E-state index in [4.69, 9.17) is 9.47 Å². The Labute approximate surface area is 149 Å². The summed E-state index contributed by atoms with van der Waals surface area (Å²) in [5.74, 6) is -0.377. The number of benzene rings is 1. The number of hydrogen-bond acceptors (Lipinski definition) is 4. The summed E-state index contributed by atoms with van der Waals surface area (Å²) in [5, 5.41) is 9.39. The first-order chi connectivity index (χ1) is 11.1. The third-order valence-electron chi connectivity index (χ3n) is 3.61. The number of aliphatic carboxylic acids is 1. The van der Waals surface area contributed by atoms with Crippen molar-refractivity contribution >= 4 is 28.0 Å². The van der Waals surface area contributed by atoms with Crippen LogP contribution in [0.2, 0.25) is 0 Å². The average molecular weight is 400 g/mol. The van der Waals surface area contributed by atoms with Crippen molar-refractivity contribution in [3.63, 3.8) is 0 Å². The van der Waals surface area contributed by atoms with Crippen LogP contribution in [0.4, 0.5) is 4.79 Å². The predicted molar refractivity (Wildman–Crippen MR) is 92.3 cm³/mol. The lowest BCUT2D eigenvalue weighted by Crippen LogP contribution is -2.43. The van der Waals surface area contributed by atoms with Crippen LogP contribution in [-0.4, -0.2) is 46.4 Å². The summed E-state index contributed by atoms with van der Waals surface area (Å²) in [6.45, 7) is 7.33. The Bertz CT molecular complexity index is 640. The number of hydrogen-bond donors (Lipinski definition) is 1. The van der Waals surface area contributed by atoms with Gasteiger partial charge in [0.2, 0.25) is 0 Å². The molecule has 0 aromatic heterocycles. The molecule has 1 aliphatic heterocycles. The second kappa shape index (κ2) is 7.01. The molecule has 0 spiro atoms. The van der Waals surface area contributed by atoms with Crippen LogP contribution in [0.3, 0.4) is 0 Å². The lowest BCUT2D eigenvalue weighted by Gasteiger charge is -2.26. The van der Waals surface area contributed by atoms with Crippen LogP contribution in [0.15, 0.2) is 22.7 Å². The molecule has 1 saturated heterocycles. The molecule has 0 unspecified atom stereocenters. The maximum atomic E-state index is 12.3. The van der Waals surface area contributed by atoms with E-state index >= 15 is 0 Å². The zero-order valence-electron chi connectivity index (χ0n) is 14.2. The van der Waals surface area contributed by atoms with Gasteiger partial charge in [0, 0.05) is 10.9 Å². The van der Waals surface area contributed by atoms with Gasteiger partial charge in [0.1, 0.15) is 23.5 Å². The van der Waals surface area contributed by atoms with Crippen molar-refractivity contribution < 1.29 is 24.2 Å². The molecule has 24 heavy (non-hydrogen) atoms. The Balaban J connectivity index is 2.11. The van der Waals surface area contributed by atoms with Gasteiger partial charge in [0.25, 0.3) is 0 Å². The van der Waals surface area contributed by atoms with Crippen LogP contribution in [-0.2, 0) is 9.53 Å². The summed E-state index contributed by atoms with van der Waals surface area (Å²) in [5.41, 5.74) is 0.258. The summed E-state index contributed by atoms with van der Waals surface area (Å²) in [6.07, 6.45) is -0.795. The molecule has 1 aromatic carbocycles. The van der Waals surface area contributed by atoms with E-state index in [1.165, 1.54) is 4.90 Å². The van der Waals surface area contributed by atoms with Gasteiger partial charge >= 0.3 is 12.1 Å². The lowest BCUT2D eigenvalue weighted by molar-refractivity contribution is -0.142. The third kappa shape index (κ3) is 4.63. The molecule has 1 fully saturated rings. The topological polar surface area (TPSA) is 76.1 Å². The number of carbonyl (C=O) groups is 2. The van der Waals surface area contributed by atoms with Crippen LogP contribution in [0.5, 0.6) is 5.75 Å². The minimum Gasteiger partial charge on any atom is -0.488 e. The van der Waals surface area contributed by atoms with Gasteiger partial charge in [-0.25, -0.2) is 9.59 Å². The second-order valence-corrected chi connectivity index (χ2v) is 7.79. The zero-order valence-corrected chi connectivity index (χ0v) is 15.8. The van der Waals surface area contributed by atoms with Crippen molar-refractivity contribution in [2.75, 3.05) is 6.54 Å². The van der Waals surface area contributed by atoms with Gasteiger partial charge in [-0.3, -0.25) is 4.90 Å². The van der Waals surface area contributed by atoms with Crippen molar-refractivity contribution in [1.82, 2.24) is 4.90 Å². The Kier molecular flexibility index (Phi) is 5.42. The van der Waals surface area contributed by atoms with Gasteiger partial charge < -0.3 is 14.6 Å². The first-order valence-electron chi connectivity index (χ1n) is 7.72. The average Bonchev–Trinajstić information content (AvgIpc) is 2.84. The quantitative estimate of drug-likeness (QED) is 0.839. The van der Waals surface area contributed by atoms with Gasteiger partial charge in [-0.15, -0.1) is 0 Å². The van der Waals surface area contributed by atoms with Crippen molar-refractivity contribution in [2.24, 2.45) is 0 Å².